The van der Waals surface area contributed by atoms with Gasteiger partial charge in [0.15, 0.2) is 0 Å². The molecule has 0 fully saturated rings. The second kappa shape index (κ2) is 8.63. The highest BCUT2D eigenvalue weighted by Crippen LogP contribution is 2.15. The first-order valence-electron chi connectivity index (χ1n) is 8.56. The number of para-hydroxylation sites is 1. The molecule has 8 nitrogen and oxygen atoms in total. The molecule has 0 saturated carbocycles. The van der Waals surface area contributed by atoms with Crippen LogP contribution in [-0.2, 0) is 9.59 Å². The van der Waals surface area contributed by atoms with Crippen LogP contribution in [0.15, 0.2) is 64.5 Å². The van der Waals surface area contributed by atoms with Crippen LogP contribution in [0, 0.1) is 0 Å². The molecule has 2 amide bonds. The number of H-pyrrole nitrogens is 1. The Kier molecular flexibility index (Phi) is 5.81. The van der Waals surface area contributed by atoms with Gasteiger partial charge in [0.25, 0.3) is 5.56 Å². The molecule has 0 aliphatic rings. The lowest BCUT2D eigenvalue weighted by Gasteiger charge is -2.06. The maximum absolute atomic E-state index is 12.0. The number of pyridine rings is 1. The molecule has 142 valence electrons. The van der Waals surface area contributed by atoms with Gasteiger partial charge in [-0.05, 0) is 48.7 Å². The van der Waals surface area contributed by atoms with Crippen LogP contribution in [0.25, 0.3) is 10.9 Å². The first-order chi connectivity index (χ1) is 13.6. The summed E-state index contributed by atoms with van der Waals surface area (Å²) in [5, 5.41) is 6.95. The van der Waals surface area contributed by atoms with Crippen LogP contribution >= 0.6 is 0 Å². The minimum Gasteiger partial charge on any atom is -0.494 e. The fourth-order valence-electron chi connectivity index (χ4n) is 2.46. The first kappa shape index (κ1) is 18.8. The van der Waals surface area contributed by atoms with Gasteiger partial charge < -0.3 is 15.0 Å². The number of hydrogen-bond donors (Lipinski definition) is 3. The number of carbonyl (C=O) groups is 2. The molecular weight excluding hydrogens is 360 g/mol. The summed E-state index contributed by atoms with van der Waals surface area (Å²) in [6.07, 6.45) is 1.19. The molecule has 0 saturated heterocycles. The Morgan fingerprint density at radius 3 is 2.61 bits per heavy atom. The summed E-state index contributed by atoms with van der Waals surface area (Å²) in [4.78, 5) is 38.5. The highest BCUT2D eigenvalue weighted by molar-refractivity contribution is 6.39. The molecule has 0 bridgehead atoms. The van der Waals surface area contributed by atoms with E-state index in [0.29, 0.717) is 23.6 Å². The predicted octanol–water partition coefficient (Wildman–Crippen LogP) is 2.02. The van der Waals surface area contributed by atoms with E-state index in [9.17, 15) is 14.4 Å². The minimum absolute atomic E-state index is 0.255. The first-order valence-corrected chi connectivity index (χ1v) is 8.56. The topological polar surface area (TPSA) is 113 Å². The molecule has 28 heavy (non-hydrogen) atoms. The van der Waals surface area contributed by atoms with Crippen LogP contribution < -0.4 is 21.0 Å². The Morgan fingerprint density at radius 1 is 1.11 bits per heavy atom. The van der Waals surface area contributed by atoms with Crippen LogP contribution in [-0.4, -0.2) is 29.6 Å². The van der Waals surface area contributed by atoms with Gasteiger partial charge in [-0.3, -0.25) is 14.4 Å². The Hall–Kier alpha value is -3.94. The normalized spacial score (nSPS) is 10.8. The molecule has 3 N–H and O–H groups in total. The molecular formula is C20H18N4O4. The van der Waals surface area contributed by atoms with Gasteiger partial charge >= 0.3 is 11.8 Å². The number of amides is 2. The molecule has 0 unspecified atom stereocenters. The average Bonchev–Trinajstić information content (AvgIpc) is 2.70. The number of aromatic nitrogens is 1. The number of nitrogens with zero attached hydrogens (tertiary/aromatic N) is 1. The lowest BCUT2D eigenvalue weighted by molar-refractivity contribution is -0.136. The lowest BCUT2D eigenvalue weighted by atomic mass is 10.2. The molecule has 8 heteroatoms. The third kappa shape index (κ3) is 4.61. The van der Waals surface area contributed by atoms with Crippen molar-refractivity contribution < 1.29 is 14.3 Å². The lowest BCUT2D eigenvalue weighted by Crippen LogP contribution is -2.32. The summed E-state index contributed by atoms with van der Waals surface area (Å²) in [6.45, 7) is 2.40. The molecule has 3 aromatic rings. The number of fused-ring (bicyclic) bond motifs is 1. The number of ether oxygens (including phenoxy) is 1. The van der Waals surface area contributed by atoms with Crippen molar-refractivity contribution in [2.24, 2.45) is 5.10 Å². The number of aromatic amines is 1. The van der Waals surface area contributed by atoms with E-state index in [2.05, 4.69) is 20.8 Å². The molecule has 0 aliphatic carbocycles. The van der Waals surface area contributed by atoms with Gasteiger partial charge in [-0.15, -0.1) is 0 Å². The van der Waals surface area contributed by atoms with Gasteiger partial charge in [-0.1, -0.05) is 18.2 Å². The van der Waals surface area contributed by atoms with Crippen molar-refractivity contribution in [3.8, 4) is 5.75 Å². The summed E-state index contributed by atoms with van der Waals surface area (Å²) in [7, 11) is 0. The van der Waals surface area contributed by atoms with E-state index >= 15 is 0 Å². The summed E-state index contributed by atoms with van der Waals surface area (Å²) < 4.78 is 5.31. The summed E-state index contributed by atoms with van der Waals surface area (Å²) >= 11 is 0. The Bertz CT molecular complexity index is 1090. The molecule has 0 aliphatic heterocycles. The third-order valence-electron chi connectivity index (χ3n) is 3.78. The van der Waals surface area contributed by atoms with Gasteiger partial charge in [-0.2, -0.15) is 5.10 Å². The van der Waals surface area contributed by atoms with Crippen LogP contribution in [0.3, 0.4) is 0 Å². The zero-order valence-electron chi connectivity index (χ0n) is 15.1. The summed E-state index contributed by atoms with van der Waals surface area (Å²) in [6, 6.07) is 15.5. The van der Waals surface area contributed by atoms with Crippen LogP contribution in [0.4, 0.5) is 5.69 Å². The van der Waals surface area contributed by atoms with Gasteiger partial charge in [-0.25, -0.2) is 5.43 Å². The van der Waals surface area contributed by atoms with Crippen molar-refractivity contribution in [2.75, 3.05) is 11.9 Å². The number of benzene rings is 2. The molecule has 1 aromatic heterocycles. The van der Waals surface area contributed by atoms with E-state index in [1.807, 2.05) is 25.1 Å². The summed E-state index contributed by atoms with van der Waals surface area (Å²) in [5.41, 5.74) is 3.14. The van der Waals surface area contributed by atoms with E-state index in [4.69, 9.17) is 4.74 Å². The Labute approximate surface area is 160 Å². The number of nitrogens with one attached hydrogen (secondary N) is 3. The Morgan fingerprint density at radius 2 is 1.86 bits per heavy atom. The zero-order chi connectivity index (χ0) is 19.9. The molecule has 2 aromatic carbocycles. The smallest absolute Gasteiger partial charge is 0.329 e. The minimum atomic E-state index is -0.956. The van der Waals surface area contributed by atoms with Crippen molar-refractivity contribution in [2.45, 2.75) is 6.92 Å². The zero-order valence-corrected chi connectivity index (χ0v) is 15.1. The SMILES string of the molecule is CCOc1ccc(NC(=O)C(=O)NN=Cc2cc3ccccc3[nH]c2=O)cc1. The number of rotatable bonds is 5. The third-order valence-corrected chi connectivity index (χ3v) is 3.78. The predicted molar refractivity (Wildman–Crippen MR) is 107 cm³/mol. The van der Waals surface area contributed by atoms with E-state index in [1.54, 1.807) is 36.4 Å². The highest BCUT2D eigenvalue weighted by atomic mass is 16.5. The van der Waals surface area contributed by atoms with Gasteiger partial charge in [0.2, 0.25) is 0 Å². The largest absolute Gasteiger partial charge is 0.494 e. The molecule has 0 radical (unpaired) electrons. The van der Waals surface area contributed by atoms with E-state index in [-0.39, 0.29) is 11.1 Å². The van der Waals surface area contributed by atoms with Gasteiger partial charge in [0.1, 0.15) is 5.75 Å². The fraction of sp³-hybridized carbons (Fsp3) is 0.100. The van der Waals surface area contributed by atoms with E-state index in [0.717, 1.165) is 5.39 Å². The maximum atomic E-state index is 12.0. The summed E-state index contributed by atoms with van der Waals surface area (Å²) in [5.74, 6) is -1.17. The second-order valence-electron chi connectivity index (χ2n) is 5.75. The Balaban J connectivity index is 1.60. The fourth-order valence-corrected chi connectivity index (χ4v) is 2.46. The quantitative estimate of drug-likeness (QED) is 0.358. The number of hydrogen-bond acceptors (Lipinski definition) is 5. The van der Waals surface area contributed by atoms with Gasteiger partial charge in [0.05, 0.1) is 18.4 Å². The van der Waals surface area contributed by atoms with Crippen LogP contribution in [0.5, 0.6) is 5.75 Å². The monoisotopic (exact) mass is 378 g/mol. The standard InChI is InChI=1S/C20H18N4O4/c1-2-28-16-9-7-15(8-10-16)22-19(26)20(27)24-21-12-14-11-13-5-3-4-6-17(13)23-18(14)25/h3-12H,2H2,1H3,(H,22,26)(H,23,25)(H,24,27). The van der Waals surface area contributed by atoms with Crippen LogP contribution in [0.1, 0.15) is 12.5 Å². The number of anilines is 1. The molecule has 1 heterocycles. The van der Waals surface area contributed by atoms with Gasteiger partial charge in [0, 0.05) is 11.2 Å². The maximum Gasteiger partial charge on any atom is 0.329 e. The number of carbonyl (C=O) groups excluding carboxylic acids is 2. The van der Waals surface area contributed by atoms with Crippen molar-refractivity contribution >= 4 is 34.6 Å². The van der Waals surface area contributed by atoms with E-state index < -0.39 is 11.8 Å². The van der Waals surface area contributed by atoms with Crippen molar-refractivity contribution in [1.82, 2.24) is 10.4 Å². The molecule has 0 spiro atoms. The van der Waals surface area contributed by atoms with Crippen molar-refractivity contribution in [3.63, 3.8) is 0 Å². The highest BCUT2D eigenvalue weighted by Gasteiger charge is 2.13. The average molecular weight is 378 g/mol. The van der Waals surface area contributed by atoms with E-state index in [1.165, 1.54) is 6.21 Å². The van der Waals surface area contributed by atoms with Crippen molar-refractivity contribution in [3.05, 3.63) is 70.5 Å². The molecule has 3 rings (SSSR count). The number of hydrazone groups is 1. The van der Waals surface area contributed by atoms with Crippen LogP contribution in [0.2, 0.25) is 0 Å². The second-order valence-corrected chi connectivity index (χ2v) is 5.75. The van der Waals surface area contributed by atoms with Crippen molar-refractivity contribution in [1.29, 1.82) is 0 Å². The molecule has 0 atom stereocenters.